The average Bonchev–Trinajstić information content (AvgIpc) is 2.65. The Morgan fingerprint density at radius 3 is 1.00 bits per heavy atom. The second-order valence-electron chi connectivity index (χ2n) is 7.91. The van der Waals surface area contributed by atoms with Crippen molar-refractivity contribution >= 4 is 10.4 Å². The van der Waals surface area contributed by atoms with Crippen LogP contribution in [0.1, 0.15) is 143 Å². The Morgan fingerprint density at radius 1 is 0.500 bits per heavy atom. The number of unbranched alkanes of at least 4 members (excludes halogenated alkanes) is 17. The van der Waals surface area contributed by atoms with Crippen LogP contribution in [0.2, 0.25) is 0 Å². The first-order chi connectivity index (χ1) is 13.5. The Kier molecular flexibility index (Phi) is 26.7. The second-order valence-corrected chi connectivity index (χ2v) is 9.00. The molecule has 0 heterocycles. The maximum atomic E-state index is 10.3. The first kappa shape index (κ1) is 30.1. The van der Waals surface area contributed by atoms with Crippen molar-refractivity contribution in [2.24, 2.45) is 0 Å². The zero-order chi connectivity index (χ0) is 21.3. The molecule has 0 fully saturated rings. The van der Waals surface area contributed by atoms with E-state index in [0.29, 0.717) is 6.42 Å². The molecule has 0 rings (SSSR count). The molecule has 0 amide bonds. The first-order valence-electron chi connectivity index (χ1n) is 12.1. The fraction of sp³-hybridized carbons (Fsp3) is 1.00. The fourth-order valence-electron chi connectivity index (χ4n) is 3.14. The van der Waals surface area contributed by atoms with Gasteiger partial charge in [0.2, 0.25) is 0 Å². The maximum absolute atomic E-state index is 10.3. The van der Waals surface area contributed by atoms with E-state index >= 15 is 0 Å². The molecule has 0 aromatic rings. The third-order valence-corrected chi connectivity index (χ3v) is 5.40. The van der Waals surface area contributed by atoms with Crippen molar-refractivity contribution in [2.45, 2.75) is 143 Å². The van der Waals surface area contributed by atoms with Gasteiger partial charge in [-0.15, -0.1) is 0 Å². The van der Waals surface area contributed by atoms with Gasteiger partial charge in [0, 0.05) is 0 Å². The quantitative estimate of drug-likeness (QED) is 0.158. The van der Waals surface area contributed by atoms with Crippen LogP contribution in [-0.2, 0) is 14.6 Å². The van der Waals surface area contributed by atoms with E-state index in [1.807, 2.05) is 0 Å². The van der Waals surface area contributed by atoms with Gasteiger partial charge in [-0.2, -0.15) is 8.42 Å². The van der Waals surface area contributed by atoms with Gasteiger partial charge in [0.05, 0.1) is 6.61 Å². The molecule has 0 saturated heterocycles. The summed E-state index contributed by atoms with van der Waals surface area (Å²) in [6.45, 7) is 6.85. The Bertz CT molecular complexity index is 363. The van der Waals surface area contributed by atoms with Crippen molar-refractivity contribution in [2.75, 3.05) is 6.61 Å². The van der Waals surface area contributed by atoms with Crippen LogP contribution in [0.4, 0.5) is 0 Å². The number of hydrogen-bond acceptors (Lipinski definition) is 3. The Balaban J connectivity index is 0. The van der Waals surface area contributed by atoms with Crippen LogP contribution in [0.25, 0.3) is 0 Å². The lowest BCUT2D eigenvalue weighted by molar-refractivity contribution is 0.261. The van der Waals surface area contributed by atoms with Crippen molar-refractivity contribution in [3.63, 3.8) is 0 Å². The number of hydrogen-bond donors (Lipinski definition) is 1. The van der Waals surface area contributed by atoms with Crippen LogP contribution in [0, 0.1) is 0 Å². The van der Waals surface area contributed by atoms with E-state index in [-0.39, 0.29) is 6.61 Å². The molecule has 0 aromatic carbocycles. The van der Waals surface area contributed by atoms with Crippen molar-refractivity contribution in [1.29, 1.82) is 0 Å². The van der Waals surface area contributed by atoms with Crippen LogP contribution >= 0.6 is 0 Å². The van der Waals surface area contributed by atoms with Crippen LogP contribution in [0.5, 0.6) is 0 Å². The number of rotatable bonds is 20. The van der Waals surface area contributed by atoms with Crippen LogP contribution < -0.4 is 0 Å². The highest BCUT2D eigenvalue weighted by molar-refractivity contribution is 7.80. The predicted molar refractivity (Wildman–Crippen MR) is 122 cm³/mol. The molecule has 0 radical (unpaired) electrons. The van der Waals surface area contributed by atoms with Gasteiger partial charge in [0.1, 0.15) is 0 Å². The zero-order valence-electron chi connectivity index (χ0n) is 19.2. The summed E-state index contributed by atoms with van der Waals surface area (Å²) in [5, 5.41) is 0. The van der Waals surface area contributed by atoms with Gasteiger partial charge >= 0.3 is 10.4 Å². The van der Waals surface area contributed by atoms with Gasteiger partial charge in [-0.3, -0.25) is 4.55 Å². The molecule has 0 aliphatic rings. The minimum atomic E-state index is -4.24. The monoisotopic (exact) mass is 422 g/mol. The molecule has 172 valence electrons. The Labute approximate surface area is 177 Å². The van der Waals surface area contributed by atoms with Gasteiger partial charge in [0.25, 0.3) is 0 Å². The van der Waals surface area contributed by atoms with Gasteiger partial charge in [0.15, 0.2) is 0 Å². The van der Waals surface area contributed by atoms with Gasteiger partial charge in [-0.05, 0) is 6.42 Å². The largest absolute Gasteiger partial charge is 0.397 e. The summed E-state index contributed by atoms with van der Waals surface area (Å²) in [5.41, 5.74) is 0. The molecule has 0 atom stereocenters. The summed E-state index contributed by atoms with van der Waals surface area (Å²) in [7, 11) is -4.24. The van der Waals surface area contributed by atoms with E-state index in [9.17, 15) is 8.42 Å². The highest BCUT2D eigenvalue weighted by Gasteiger charge is 2.02. The standard InChI is InChI=1S/C15H32O4S.C8H18/c1-2-3-4-5-6-7-8-9-10-11-12-13-14-15-19-20(16,17)18;1-3-5-7-8-6-4-2/h2-15H2,1H3,(H,16,17,18);3-8H2,1-2H3. The van der Waals surface area contributed by atoms with Crippen molar-refractivity contribution in [3.8, 4) is 0 Å². The molecular weight excluding hydrogens is 372 g/mol. The van der Waals surface area contributed by atoms with Gasteiger partial charge in [-0.1, -0.05) is 136 Å². The minimum Gasteiger partial charge on any atom is -0.264 e. The lowest BCUT2D eigenvalue weighted by Gasteiger charge is -2.03. The molecule has 5 heteroatoms. The molecule has 0 saturated carbocycles. The van der Waals surface area contributed by atoms with Crippen molar-refractivity contribution < 1.29 is 17.2 Å². The third kappa shape index (κ3) is 33.5. The molecule has 0 aliphatic carbocycles. The van der Waals surface area contributed by atoms with E-state index in [0.717, 1.165) is 12.8 Å². The summed E-state index contributed by atoms with van der Waals surface area (Å²) in [4.78, 5) is 0. The summed E-state index contributed by atoms with van der Waals surface area (Å²) in [6.07, 6.45) is 24.6. The van der Waals surface area contributed by atoms with E-state index in [1.54, 1.807) is 0 Å². The average molecular weight is 423 g/mol. The lowest BCUT2D eigenvalue weighted by atomic mass is 10.0. The third-order valence-electron chi connectivity index (χ3n) is 4.94. The second kappa shape index (κ2) is 24.9. The lowest BCUT2D eigenvalue weighted by Crippen LogP contribution is -2.04. The van der Waals surface area contributed by atoms with Gasteiger partial charge in [-0.25, -0.2) is 4.18 Å². The minimum absolute atomic E-state index is 0.0938. The highest BCUT2D eigenvalue weighted by Crippen LogP contribution is 2.12. The Hall–Kier alpha value is -0.130. The summed E-state index contributed by atoms with van der Waals surface area (Å²) < 4.78 is 33.2. The predicted octanol–water partition coefficient (Wildman–Crippen LogP) is 8.26. The molecule has 0 aromatic heterocycles. The molecule has 1 N–H and O–H groups in total. The normalized spacial score (nSPS) is 11.3. The maximum Gasteiger partial charge on any atom is 0.397 e. The van der Waals surface area contributed by atoms with E-state index in [1.165, 1.54) is 103 Å². The van der Waals surface area contributed by atoms with E-state index in [2.05, 4.69) is 25.0 Å². The first-order valence-corrected chi connectivity index (χ1v) is 13.5. The zero-order valence-corrected chi connectivity index (χ0v) is 20.0. The fourth-order valence-corrected chi connectivity index (χ4v) is 3.47. The molecule has 4 nitrogen and oxygen atoms in total. The van der Waals surface area contributed by atoms with Crippen LogP contribution in [-0.4, -0.2) is 19.6 Å². The van der Waals surface area contributed by atoms with Crippen molar-refractivity contribution in [3.05, 3.63) is 0 Å². The smallest absolute Gasteiger partial charge is 0.264 e. The molecular formula is C23H50O4S. The van der Waals surface area contributed by atoms with Crippen molar-refractivity contribution in [1.82, 2.24) is 0 Å². The SMILES string of the molecule is CCCCCCCC.CCCCCCCCCCCCCCCOS(=O)(=O)O. The van der Waals surface area contributed by atoms with E-state index in [4.69, 9.17) is 4.55 Å². The topological polar surface area (TPSA) is 63.6 Å². The molecule has 0 bridgehead atoms. The summed E-state index contributed by atoms with van der Waals surface area (Å²) in [5.74, 6) is 0. The summed E-state index contributed by atoms with van der Waals surface area (Å²) in [6, 6.07) is 0. The van der Waals surface area contributed by atoms with Crippen LogP contribution in [0.3, 0.4) is 0 Å². The van der Waals surface area contributed by atoms with E-state index < -0.39 is 10.4 Å². The molecule has 0 aliphatic heterocycles. The molecule has 0 spiro atoms. The molecule has 0 unspecified atom stereocenters. The van der Waals surface area contributed by atoms with Crippen LogP contribution in [0.15, 0.2) is 0 Å². The highest BCUT2D eigenvalue weighted by atomic mass is 32.3. The summed E-state index contributed by atoms with van der Waals surface area (Å²) >= 11 is 0. The molecule has 28 heavy (non-hydrogen) atoms. The van der Waals surface area contributed by atoms with Gasteiger partial charge < -0.3 is 0 Å². The Morgan fingerprint density at radius 2 is 0.750 bits per heavy atom.